The summed E-state index contributed by atoms with van der Waals surface area (Å²) in [5, 5.41) is 17.2. The summed E-state index contributed by atoms with van der Waals surface area (Å²) in [7, 11) is 0. The molecule has 0 aliphatic rings. The summed E-state index contributed by atoms with van der Waals surface area (Å²) in [4.78, 5) is 0. The Hall–Kier alpha value is -1.65. The molecule has 0 aliphatic carbocycles. The minimum absolute atomic E-state index is 0.392. The van der Waals surface area contributed by atoms with Crippen LogP contribution in [0.4, 0.5) is 0 Å². The van der Waals surface area contributed by atoms with Gasteiger partial charge in [-0.3, -0.25) is 4.68 Å². The van der Waals surface area contributed by atoms with Crippen molar-refractivity contribution in [1.29, 1.82) is 0 Å². The molecule has 2 rings (SSSR count). The van der Waals surface area contributed by atoms with Crippen molar-refractivity contribution in [2.24, 2.45) is 0 Å². The maximum absolute atomic E-state index is 9.81. The molecule has 1 aromatic carbocycles. The highest BCUT2D eigenvalue weighted by Crippen LogP contribution is 2.01. The standard InChI is InChI=1S/C15H21N3O/c19-15(13-18-11-5-10-17-18)12-16-9-4-8-14-6-2-1-3-7-14/h1-3,5-7,10-11,15-16,19H,4,8-9,12-13H2. The maximum atomic E-state index is 9.81. The van der Waals surface area contributed by atoms with Gasteiger partial charge in [-0.25, -0.2) is 0 Å². The van der Waals surface area contributed by atoms with Gasteiger partial charge >= 0.3 is 0 Å². The van der Waals surface area contributed by atoms with E-state index in [4.69, 9.17) is 0 Å². The molecule has 0 spiro atoms. The Bertz CT molecular complexity index is 442. The van der Waals surface area contributed by atoms with Crippen molar-refractivity contribution in [3.8, 4) is 0 Å². The molecule has 1 heterocycles. The number of nitrogens with one attached hydrogen (secondary N) is 1. The summed E-state index contributed by atoms with van der Waals surface area (Å²) in [6.07, 6.45) is 5.34. The van der Waals surface area contributed by atoms with E-state index >= 15 is 0 Å². The largest absolute Gasteiger partial charge is 0.390 e. The van der Waals surface area contributed by atoms with Crippen LogP contribution >= 0.6 is 0 Å². The van der Waals surface area contributed by atoms with Gasteiger partial charge < -0.3 is 10.4 Å². The Balaban J connectivity index is 1.54. The molecular formula is C15H21N3O. The van der Waals surface area contributed by atoms with E-state index in [2.05, 4.69) is 34.7 Å². The van der Waals surface area contributed by atoms with Gasteiger partial charge in [-0.15, -0.1) is 0 Å². The maximum Gasteiger partial charge on any atom is 0.0860 e. The van der Waals surface area contributed by atoms with Gasteiger partial charge in [-0.1, -0.05) is 30.3 Å². The minimum atomic E-state index is -0.392. The SMILES string of the molecule is OC(CNCCCc1ccccc1)Cn1cccn1. The summed E-state index contributed by atoms with van der Waals surface area (Å²) in [5.41, 5.74) is 1.36. The van der Waals surface area contributed by atoms with Crippen LogP contribution in [0.5, 0.6) is 0 Å². The van der Waals surface area contributed by atoms with E-state index in [9.17, 15) is 5.11 Å². The number of rotatable bonds is 8. The molecule has 0 fully saturated rings. The monoisotopic (exact) mass is 259 g/mol. The van der Waals surface area contributed by atoms with Gasteiger partial charge in [0.2, 0.25) is 0 Å². The van der Waals surface area contributed by atoms with Crippen LogP contribution < -0.4 is 5.32 Å². The summed E-state index contributed by atoms with van der Waals surface area (Å²) < 4.78 is 1.75. The van der Waals surface area contributed by atoms with Crippen molar-refractivity contribution < 1.29 is 5.11 Å². The Morgan fingerprint density at radius 1 is 1.21 bits per heavy atom. The Morgan fingerprint density at radius 2 is 2.05 bits per heavy atom. The molecule has 1 unspecified atom stereocenters. The van der Waals surface area contributed by atoms with Crippen molar-refractivity contribution in [1.82, 2.24) is 15.1 Å². The molecule has 1 atom stereocenters. The molecule has 19 heavy (non-hydrogen) atoms. The quantitative estimate of drug-likeness (QED) is 0.706. The van der Waals surface area contributed by atoms with Crippen LogP contribution in [0.15, 0.2) is 48.8 Å². The van der Waals surface area contributed by atoms with Crippen LogP contribution in [0, 0.1) is 0 Å². The number of aromatic nitrogens is 2. The van der Waals surface area contributed by atoms with E-state index in [1.807, 2.05) is 18.3 Å². The van der Waals surface area contributed by atoms with E-state index in [1.54, 1.807) is 10.9 Å². The van der Waals surface area contributed by atoms with Gasteiger partial charge in [0.25, 0.3) is 0 Å². The van der Waals surface area contributed by atoms with Crippen molar-refractivity contribution in [3.63, 3.8) is 0 Å². The highest BCUT2D eigenvalue weighted by atomic mass is 16.3. The lowest BCUT2D eigenvalue weighted by Crippen LogP contribution is -2.31. The predicted molar refractivity (Wildman–Crippen MR) is 75.9 cm³/mol. The van der Waals surface area contributed by atoms with Gasteiger partial charge in [-0.05, 0) is 31.0 Å². The van der Waals surface area contributed by atoms with Crippen LogP contribution in [0.3, 0.4) is 0 Å². The van der Waals surface area contributed by atoms with E-state index < -0.39 is 6.10 Å². The Labute approximate surface area is 114 Å². The second kappa shape index (κ2) is 7.71. The summed E-state index contributed by atoms with van der Waals surface area (Å²) in [6, 6.07) is 12.3. The first-order valence-electron chi connectivity index (χ1n) is 6.75. The number of aliphatic hydroxyl groups excluding tert-OH is 1. The number of aliphatic hydroxyl groups is 1. The number of benzene rings is 1. The van der Waals surface area contributed by atoms with E-state index in [0.29, 0.717) is 13.1 Å². The first-order chi connectivity index (χ1) is 9.34. The highest BCUT2D eigenvalue weighted by Gasteiger charge is 2.04. The number of aryl methyl sites for hydroxylation is 1. The topological polar surface area (TPSA) is 50.1 Å². The average Bonchev–Trinajstić information content (AvgIpc) is 2.92. The molecule has 0 bridgehead atoms. The predicted octanol–water partition coefficient (Wildman–Crippen LogP) is 1.47. The number of hydrogen-bond acceptors (Lipinski definition) is 3. The zero-order valence-corrected chi connectivity index (χ0v) is 11.1. The Kier molecular flexibility index (Phi) is 5.59. The van der Waals surface area contributed by atoms with E-state index in [-0.39, 0.29) is 0 Å². The lowest BCUT2D eigenvalue weighted by Gasteiger charge is -2.11. The molecule has 0 saturated heterocycles. The van der Waals surface area contributed by atoms with Crippen LogP contribution in [-0.4, -0.2) is 34.1 Å². The van der Waals surface area contributed by atoms with Crippen molar-refractivity contribution in [2.75, 3.05) is 13.1 Å². The van der Waals surface area contributed by atoms with Crippen LogP contribution in [0.1, 0.15) is 12.0 Å². The molecule has 0 amide bonds. The zero-order valence-electron chi connectivity index (χ0n) is 11.1. The van der Waals surface area contributed by atoms with Crippen molar-refractivity contribution in [3.05, 3.63) is 54.4 Å². The van der Waals surface area contributed by atoms with Crippen molar-refractivity contribution in [2.45, 2.75) is 25.5 Å². The number of hydrogen-bond donors (Lipinski definition) is 2. The fourth-order valence-electron chi connectivity index (χ4n) is 2.02. The highest BCUT2D eigenvalue weighted by molar-refractivity contribution is 5.14. The third-order valence-electron chi connectivity index (χ3n) is 3.00. The normalized spacial score (nSPS) is 12.5. The average molecular weight is 259 g/mol. The first kappa shape index (κ1) is 13.8. The minimum Gasteiger partial charge on any atom is -0.390 e. The first-order valence-corrected chi connectivity index (χ1v) is 6.75. The third-order valence-corrected chi connectivity index (χ3v) is 3.00. The van der Waals surface area contributed by atoms with Crippen LogP contribution in [0.25, 0.3) is 0 Å². The molecule has 0 saturated carbocycles. The third kappa shape index (κ3) is 5.24. The zero-order chi connectivity index (χ0) is 13.3. The van der Waals surface area contributed by atoms with Gasteiger partial charge in [0, 0.05) is 18.9 Å². The molecule has 0 aliphatic heterocycles. The number of nitrogens with zero attached hydrogens (tertiary/aromatic N) is 2. The molecule has 1 aromatic heterocycles. The van der Waals surface area contributed by atoms with Crippen LogP contribution in [0.2, 0.25) is 0 Å². The summed E-state index contributed by atoms with van der Waals surface area (Å²) >= 11 is 0. The molecule has 0 radical (unpaired) electrons. The fraction of sp³-hybridized carbons (Fsp3) is 0.400. The molecule has 4 nitrogen and oxygen atoms in total. The second-order valence-corrected chi connectivity index (χ2v) is 4.68. The molecular weight excluding hydrogens is 238 g/mol. The van der Waals surface area contributed by atoms with E-state index in [0.717, 1.165) is 19.4 Å². The molecule has 2 aromatic rings. The smallest absolute Gasteiger partial charge is 0.0860 e. The van der Waals surface area contributed by atoms with E-state index in [1.165, 1.54) is 5.56 Å². The molecule has 102 valence electrons. The lowest BCUT2D eigenvalue weighted by molar-refractivity contribution is 0.147. The Morgan fingerprint density at radius 3 is 2.79 bits per heavy atom. The molecule has 4 heteroatoms. The second-order valence-electron chi connectivity index (χ2n) is 4.68. The fourth-order valence-corrected chi connectivity index (χ4v) is 2.02. The van der Waals surface area contributed by atoms with Gasteiger partial charge in [0.15, 0.2) is 0 Å². The van der Waals surface area contributed by atoms with Gasteiger partial charge in [0.1, 0.15) is 0 Å². The van der Waals surface area contributed by atoms with Crippen LogP contribution in [-0.2, 0) is 13.0 Å². The van der Waals surface area contributed by atoms with Crippen molar-refractivity contribution >= 4 is 0 Å². The lowest BCUT2D eigenvalue weighted by atomic mass is 10.1. The summed E-state index contributed by atoms with van der Waals surface area (Å²) in [6.45, 7) is 2.07. The summed E-state index contributed by atoms with van der Waals surface area (Å²) in [5.74, 6) is 0. The molecule has 2 N–H and O–H groups in total. The van der Waals surface area contributed by atoms with Gasteiger partial charge in [0.05, 0.1) is 12.6 Å². The van der Waals surface area contributed by atoms with Gasteiger partial charge in [-0.2, -0.15) is 5.10 Å².